The molecule has 7 heteroatoms. The number of aromatic nitrogens is 2. The second-order valence-corrected chi connectivity index (χ2v) is 6.32. The van der Waals surface area contributed by atoms with Crippen LogP contribution in [-0.4, -0.2) is 18.6 Å². The van der Waals surface area contributed by atoms with Crippen molar-refractivity contribution in [2.75, 3.05) is 0 Å². The summed E-state index contributed by atoms with van der Waals surface area (Å²) in [5.41, 5.74) is 0.776. The molecule has 0 atom stereocenters. The van der Waals surface area contributed by atoms with Crippen LogP contribution in [0, 0.1) is 0 Å². The topological polar surface area (TPSA) is 59.9 Å². The van der Waals surface area contributed by atoms with Crippen LogP contribution >= 0.6 is 22.3 Å². The van der Waals surface area contributed by atoms with E-state index in [4.69, 9.17) is 22.3 Å². The van der Waals surface area contributed by atoms with Crippen molar-refractivity contribution in [3.8, 4) is 0 Å². The Labute approximate surface area is 102 Å². The number of rotatable bonds is 2. The third-order valence-corrected chi connectivity index (χ3v) is 3.35. The third kappa shape index (κ3) is 2.42. The molecule has 0 fully saturated rings. The predicted octanol–water partition coefficient (Wildman–Crippen LogP) is 2.35. The first-order chi connectivity index (χ1) is 7.47. The maximum atomic E-state index is 10.9. The number of fused-ring (bicyclic) bond motifs is 1. The van der Waals surface area contributed by atoms with Gasteiger partial charge in [-0.1, -0.05) is 29.8 Å². The molecule has 0 radical (unpaired) electrons. The maximum Gasteiger partial charge on any atom is 0.238 e. The summed E-state index contributed by atoms with van der Waals surface area (Å²) in [6.07, 6.45) is 0. The highest BCUT2D eigenvalue weighted by Crippen LogP contribution is 2.25. The Bertz CT molecular complexity index is 643. The molecule has 0 amide bonds. The van der Waals surface area contributed by atoms with Crippen molar-refractivity contribution in [3.63, 3.8) is 0 Å². The van der Waals surface area contributed by atoms with E-state index in [0.29, 0.717) is 10.9 Å². The Hall–Kier alpha value is -0.910. The standard InChI is InChI=1S/C9H6Cl2N2O2S/c10-9-6-3-1-2-4-7(6)12-13-8(9)5-16(11,14)15/h1-4H,5H2. The highest BCUT2D eigenvalue weighted by molar-refractivity contribution is 8.13. The fourth-order valence-electron chi connectivity index (χ4n) is 1.32. The maximum absolute atomic E-state index is 10.9. The van der Waals surface area contributed by atoms with Crippen LogP contribution in [0.1, 0.15) is 5.69 Å². The Morgan fingerprint density at radius 2 is 1.88 bits per heavy atom. The summed E-state index contributed by atoms with van der Waals surface area (Å²) in [7, 11) is 1.45. The Balaban J connectivity index is 2.61. The lowest BCUT2D eigenvalue weighted by atomic mass is 10.2. The summed E-state index contributed by atoms with van der Waals surface area (Å²) < 4.78 is 21.9. The average molecular weight is 277 g/mol. The first kappa shape index (κ1) is 11.6. The zero-order valence-corrected chi connectivity index (χ0v) is 10.2. The van der Waals surface area contributed by atoms with E-state index < -0.39 is 14.8 Å². The number of hydrogen-bond acceptors (Lipinski definition) is 4. The molecule has 4 nitrogen and oxygen atoms in total. The SMILES string of the molecule is O=S(=O)(Cl)Cc1nnc2ccccc2c1Cl. The normalized spacial score (nSPS) is 11.9. The second kappa shape index (κ2) is 4.16. The van der Waals surface area contributed by atoms with E-state index in [1.807, 2.05) is 0 Å². The lowest BCUT2D eigenvalue weighted by Crippen LogP contribution is -2.01. The van der Waals surface area contributed by atoms with Gasteiger partial charge in [0.25, 0.3) is 0 Å². The molecule has 0 saturated carbocycles. The molecule has 16 heavy (non-hydrogen) atoms. The van der Waals surface area contributed by atoms with Crippen molar-refractivity contribution < 1.29 is 8.42 Å². The number of benzene rings is 1. The highest BCUT2D eigenvalue weighted by atomic mass is 35.7. The highest BCUT2D eigenvalue weighted by Gasteiger charge is 2.14. The van der Waals surface area contributed by atoms with Gasteiger partial charge in [-0.3, -0.25) is 0 Å². The van der Waals surface area contributed by atoms with E-state index in [1.54, 1.807) is 24.3 Å². The van der Waals surface area contributed by atoms with Crippen molar-refractivity contribution >= 4 is 42.2 Å². The lowest BCUT2D eigenvalue weighted by molar-refractivity contribution is 0.608. The molecule has 1 aromatic carbocycles. The third-order valence-electron chi connectivity index (χ3n) is 1.98. The average Bonchev–Trinajstić information content (AvgIpc) is 2.21. The van der Waals surface area contributed by atoms with Gasteiger partial charge in [0, 0.05) is 16.1 Å². The molecule has 2 aromatic rings. The van der Waals surface area contributed by atoms with Gasteiger partial charge in [0.2, 0.25) is 9.05 Å². The summed E-state index contributed by atoms with van der Waals surface area (Å²) in [6.45, 7) is 0. The van der Waals surface area contributed by atoms with Gasteiger partial charge >= 0.3 is 0 Å². The van der Waals surface area contributed by atoms with Gasteiger partial charge in [-0.15, -0.1) is 0 Å². The largest absolute Gasteiger partial charge is 0.238 e. The van der Waals surface area contributed by atoms with Crippen molar-refractivity contribution in [1.29, 1.82) is 0 Å². The van der Waals surface area contributed by atoms with Crippen molar-refractivity contribution in [2.24, 2.45) is 0 Å². The van der Waals surface area contributed by atoms with E-state index >= 15 is 0 Å². The van der Waals surface area contributed by atoms with Gasteiger partial charge in [0.15, 0.2) is 0 Å². The zero-order valence-electron chi connectivity index (χ0n) is 7.89. The molecular formula is C9H6Cl2N2O2S. The summed E-state index contributed by atoms with van der Waals surface area (Å²) in [5.74, 6) is -0.425. The van der Waals surface area contributed by atoms with Crippen LogP contribution < -0.4 is 0 Å². The van der Waals surface area contributed by atoms with E-state index in [0.717, 1.165) is 0 Å². The van der Waals surface area contributed by atoms with E-state index in [2.05, 4.69) is 10.2 Å². The zero-order chi connectivity index (χ0) is 11.8. The minimum atomic E-state index is -3.68. The fraction of sp³-hybridized carbons (Fsp3) is 0.111. The van der Waals surface area contributed by atoms with Crippen LogP contribution in [0.3, 0.4) is 0 Å². The Morgan fingerprint density at radius 3 is 2.56 bits per heavy atom. The van der Waals surface area contributed by atoms with Gasteiger partial charge in [0.1, 0.15) is 5.75 Å². The number of hydrogen-bond donors (Lipinski definition) is 0. The van der Waals surface area contributed by atoms with E-state index in [-0.39, 0.29) is 10.7 Å². The number of nitrogens with zero attached hydrogens (tertiary/aromatic N) is 2. The molecule has 0 saturated heterocycles. The van der Waals surface area contributed by atoms with E-state index in [9.17, 15) is 8.42 Å². The van der Waals surface area contributed by atoms with Crippen molar-refractivity contribution in [3.05, 3.63) is 35.0 Å². The van der Waals surface area contributed by atoms with Crippen LogP contribution in [0.2, 0.25) is 5.02 Å². The molecule has 0 aliphatic heterocycles. The summed E-state index contributed by atoms with van der Waals surface area (Å²) in [4.78, 5) is 0. The summed E-state index contributed by atoms with van der Waals surface area (Å²) in [6, 6.07) is 7.07. The summed E-state index contributed by atoms with van der Waals surface area (Å²) in [5, 5.41) is 8.55. The van der Waals surface area contributed by atoms with Crippen molar-refractivity contribution in [2.45, 2.75) is 5.75 Å². The van der Waals surface area contributed by atoms with Crippen LogP contribution in [0.4, 0.5) is 0 Å². The molecule has 0 spiro atoms. The molecule has 1 heterocycles. The molecule has 0 unspecified atom stereocenters. The second-order valence-electron chi connectivity index (χ2n) is 3.16. The van der Waals surface area contributed by atoms with Gasteiger partial charge in [-0.25, -0.2) is 8.42 Å². The minimum absolute atomic E-state index is 0.162. The smallest absolute Gasteiger partial charge is 0.212 e. The fourth-order valence-corrected chi connectivity index (χ4v) is 2.50. The molecule has 2 rings (SSSR count). The van der Waals surface area contributed by atoms with Gasteiger partial charge in [0.05, 0.1) is 16.2 Å². The summed E-state index contributed by atoms with van der Waals surface area (Å²) >= 11 is 6.02. The Morgan fingerprint density at radius 1 is 1.19 bits per heavy atom. The minimum Gasteiger partial charge on any atom is -0.212 e. The van der Waals surface area contributed by atoms with Crippen LogP contribution in [0.5, 0.6) is 0 Å². The van der Waals surface area contributed by atoms with Crippen molar-refractivity contribution in [1.82, 2.24) is 10.2 Å². The van der Waals surface area contributed by atoms with Crippen LogP contribution in [-0.2, 0) is 14.8 Å². The molecular weight excluding hydrogens is 271 g/mol. The first-order valence-electron chi connectivity index (χ1n) is 4.29. The van der Waals surface area contributed by atoms with Gasteiger partial charge in [-0.05, 0) is 6.07 Å². The van der Waals surface area contributed by atoms with Gasteiger partial charge in [-0.2, -0.15) is 10.2 Å². The quantitative estimate of drug-likeness (QED) is 0.790. The predicted molar refractivity (Wildman–Crippen MR) is 63.0 cm³/mol. The Kier molecular flexibility index (Phi) is 3.01. The van der Waals surface area contributed by atoms with Gasteiger partial charge < -0.3 is 0 Å². The van der Waals surface area contributed by atoms with Crippen LogP contribution in [0.15, 0.2) is 24.3 Å². The lowest BCUT2D eigenvalue weighted by Gasteiger charge is -2.03. The molecule has 0 N–H and O–H groups in total. The van der Waals surface area contributed by atoms with Crippen LogP contribution in [0.25, 0.3) is 10.9 Å². The molecule has 0 aliphatic rings. The molecule has 0 aliphatic carbocycles. The van der Waals surface area contributed by atoms with E-state index in [1.165, 1.54) is 0 Å². The number of halogens is 2. The first-order valence-corrected chi connectivity index (χ1v) is 7.15. The molecule has 1 aromatic heterocycles. The molecule has 0 bridgehead atoms. The molecule has 84 valence electrons. The monoisotopic (exact) mass is 276 g/mol.